The van der Waals surface area contributed by atoms with Crippen LogP contribution in [0.5, 0.6) is 11.5 Å². The minimum atomic E-state index is -0.126. The van der Waals surface area contributed by atoms with Crippen LogP contribution in [-0.2, 0) is 0 Å². The van der Waals surface area contributed by atoms with Gasteiger partial charge in [0, 0.05) is 32.7 Å². The van der Waals surface area contributed by atoms with E-state index < -0.39 is 0 Å². The van der Waals surface area contributed by atoms with Crippen molar-refractivity contribution in [1.29, 1.82) is 0 Å². The lowest BCUT2D eigenvalue weighted by atomic mass is 10.1. The first-order valence-corrected chi connectivity index (χ1v) is 8.05. The molecule has 1 N–H and O–H groups in total. The van der Waals surface area contributed by atoms with Crippen LogP contribution in [0.3, 0.4) is 0 Å². The third-order valence-electron chi connectivity index (χ3n) is 4.18. The van der Waals surface area contributed by atoms with Crippen LogP contribution < -0.4 is 14.8 Å². The molecule has 23 heavy (non-hydrogen) atoms. The Bertz CT molecular complexity index is 514. The van der Waals surface area contributed by atoms with Crippen LogP contribution in [0.15, 0.2) is 18.2 Å². The van der Waals surface area contributed by atoms with Gasteiger partial charge in [-0.25, -0.2) is 0 Å². The summed E-state index contributed by atoms with van der Waals surface area (Å²) >= 11 is 0. The predicted molar refractivity (Wildman–Crippen MR) is 90.4 cm³/mol. The summed E-state index contributed by atoms with van der Waals surface area (Å²) in [6.07, 6.45) is 0.946. The van der Waals surface area contributed by atoms with Crippen LogP contribution in [0.2, 0.25) is 0 Å². The largest absolute Gasteiger partial charge is 0.493 e. The average molecular weight is 321 g/mol. The fourth-order valence-electron chi connectivity index (χ4n) is 2.74. The predicted octanol–water partition coefficient (Wildman–Crippen LogP) is 1.07. The van der Waals surface area contributed by atoms with Gasteiger partial charge in [0.05, 0.1) is 19.8 Å². The van der Waals surface area contributed by atoms with E-state index in [1.54, 1.807) is 32.4 Å². The second kappa shape index (κ2) is 8.74. The number of likely N-dealkylation sites (N-methyl/N-ethyl adjacent to an activating group) is 1. The molecule has 1 aliphatic rings. The monoisotopic (exact) mass is 321 g/mol. The zero-order valence-electron chi connectivity index (χ0n) is 14.3. The summed E-state index contributed by atoms with van der Waals surface area (Å²) in [6, 6.07) is 5.32. The van der Waals surface area contributed by atoms with Gasteiger partial charge >= 0.3 is 0 Å². The van der Waals surface area contributed by atoms with Crippen molar-refractivity contribution in [3.63, 3.8) is 0 Å². The van der Waals surface area contributed by atoms with E-state index in [0.29, 0.717) is 23.6 Å². The number of hydrogen-bond donors (Lipinski definition) is 1. The van der Waals surface area contributed by atoms with E-state index in [1.165, 1.54) is 0 Å². The van der Waals surface area contributed by atoms with E-state index >= 15 is 0 Å². The number of benzene rings is 1. The van der Waals surface area contributed by atoms with Gasteiger partial charge in [0.25, 0.3) is 5.91 Å². The number of piperazine rings is 1. The fourth-order valence-corrected chi connectivity index (χ4v) is 2.74. The number of nitrogens with zero attached hydrogens (tertiary/aromatic N) is 2. The summed E-state index contributed by atoms with van der Waals surface area (Å²) in [5.74, 6) is 0.920. The highest BCUT2D eigenvalue weighted by Gasteiger charge is 2.16. The van der Waals surface area contributed by atoms with Crippen LogP contribution in [0.1, 0.15) is 16.8 Å². The number of hydrogen-bond acceptors (Lipinski definition) is 5. The standard InChI is InChI=1S/C17H27N3O3/c1-19-10-12-20(13-11-19)9-5-8-18-17(21)14-6-4-7-15(22-2)16(14)23-3/h4,6-7H,5,8-13H2,1-3H3,(H,18,21). The molecule has 0 unspecified atom stereocenters. The molecule has 128 valence electrons. The van der Waals surface area contributed by atoms with E-state index in [4.69, 9.17) is 9.47 Å². The van der Waals surface area contributed by atoms with Crippen LogP contribution in [0.4, 0.5) is 0 Å². The maximum Gasteiger partial charge on any atom is 0.255 e. The van der Waals surface area contributed by atoms with Crippen LogP contribution in [0.25, 0.3) is 0 Å². The minimum absolute atomic E-state index is 0.126. The van der Waals surface area contributed by atoms with Crippen LogP contribution in [-0.4, -0.2) is 76.2 Å². The number of para-hydroxylation sites is 1. The Hall–Kier alpha value is -1.79. The van der Waals surface area contributed by atoms with Crippen molar-refractivity contribution in [2.24, 2.45) is 0 Å². The number of carbonyl (C=O) groups excluding carboxylic acids is 1. The number of ether oxygens (including phenoxy) is 2. The Morgan fingerprint density at radius 3 is 2.57 bits per heavy atom. The molecule has 1 aromatic carbocycles. The van der Waals surface area contributed by atoms with Crippen molar-refractivity contribution in [3.8, 4) is 11.5 Å². The number of carbonyl (C=O) groups is 1. The lowest BCUT2D eigenvalue weighted by Gasteiger charge is -2.32. The third kappa shape index (κ3) is 4.84. The Labute approximate surface area is 138 Å². The first kappa shape index (κ1) is 17.6. The second-order valence-electron chi connectivity index (χ2n) is 5.80. The highest BCUT2D eigenvalue weighted by molar-refractivity contribution is 5.97. The van der Waals surface area contributed by atoms with Crippen molar-refractivity contribution in [3.05, 3.63) is 23.8 Å². The molecule has 1 aromatic rings. The molecule has 1 amide bonds. The maximum atomic E-state index is 12.3. The molecule has 0 spiro atoms. The normalized spacial score (nSPS) is 16.1. The highest BCUT2D eigenvalue weighted by Crippen LogP contribution is 2.30. The maximum absolute atomic E-state index is 12.3. The van der Waals surface area contributed by atoms with Crippen molar-refractivity contribution < 1.29 is 14.3 Å². The van der Waals surface area contributed by atoms with Gasteiger partial charge in [0.2, 0.25) is 0 Å². The highest BCUT2D eigenvalue weighted by atomic mass is 16.5. The molecule has 0 saturated carbocycles. The number of methoxy groups -OCH3 is 2. The minimum Gasteiger partial charge on any atom is -0.493 e. The molecule has 0 atom stereocenters. The first-order valence-electron chi connectivity index (χ1n) is 8.05. The van der Waals surface area contributed by atoms with Gasteiger partial charge in [-0.05, 0) is 32.1 Å². The van der Waals surface area contributed by atoms with E-state index in [2.05, 4.69) is 22.2 Å². The molecule has 6 heteroatoms. The molecule has 0 radical (unpaired) electrons. The van der Waals surface area contributed by atoms with Gasteiger partial charge in [0.15, 0.2) is 11.5 Å². The molecule has 2 rings (SSSR count). The summed E-state index contributed by atoms with van der Waals surface area (Å²) in [7, 11) is 5.26. The van der Waals surface area contributed by atoms with Gasteiger partial charge in [-0.15, -0.1) is 0 Å². The first-order chi connectivity index (χ1) is 11.2. The van der Waals surface area contributed by atoms with Gasteiger partial charge < -0.3 is 24.6 Å². The Morgan fingerprint density at radius 2 is 1.91 bits per heavy atom. The van der Waals surface area contributed by atoms with Crippen molar-refractivity contribution in [2.75, 3.05) is 60.5 Å². The fraction of sp³-hybridized carbons (Fsp3) is 0.588. The number of nitrogens with one attached hydrogen (secondary N) is 1. The van der Waals surface area contributed by atoms with Crippen molar-refractivity contribution in [2.45, 2.75) is 6.42 Å². The molecular weight excluding hydrogens is 294 g/mol. The summed E-state index contributed by atoms with van der Waals surface area (Å²) in [6.45, 7) is 6.12. The lowest BCUT2D eigenvalue weighted by molar-refractivity contribution is 0.0945. The van der Waals surface area contributed by atoms with E-state index in [-0.39, 0.29) is 5.91 Å². The van der Waals surface area contributed by atoms with E-state index in [1.807, 2.05) is 0 Å². The molecule has 1 saturated heterocycles. The van der Waals surface area contributed by atoms with Gasteiger partial charge in [-0.2, -0.15) is 0 Å². The van der Waals surface area contributed by atoms with Crippen LogP contribution >= 0.6 is 0 Å². The number of amides is 1. The quantitative estimate of drug-likeness (QED) is 0.762. The summed E-state index contributed by atoms with van der Waals surface area (Å²) in [4.78, 5) is 17.1. The Morgan fingerprint density at radius 1 is 1.17 bits per heavy atom. The molecule has 6 nitrogen and oxygen atoms in total. The SMILES string of the molecule is COc1cccc(C(=O)NCCCN2CCN(C)CC2)c1OC. The zero-order chi connectivity index (χ0) is 16.7. The zero-order valence-corrected chi connectivity index (χ0v) is 14.3. The Balaban J connectivity index is 1.79. The van der Waals surface area contributed by atoms with E-state index in [0.717, 1.165) is 39.1 Å². The third-order valence-corrected chi connectivity index (χ3v) is 4.18. The van der Waals surface area contributed by atoms with Gasteiger partial charge in [-0.3, -0.25) is 4.79 Å². The van der Waals surface area contributed by atoms with Gasteiger partial charge in [-0.1, -0.05) is 6.07 Å². The molecule has 0 aromatic heterocycles. The Kier molecular flexibility index (Phi) is 6.67. The van der Waals surface area contributed by atoms with E-state index in [9.17, 15) is 4.79 Å². The lowest BCUT2D eigenvalue weighted by Crippen LogP contribution is -2.45. The molecule has 1 fully saturated rings. The van der Waals surface area contributed by atoms with Crippen LogP contribution in [0, 0.1) is 0 Å². The molecule has 1 heterocycles. The van der Waals surface area contributed by atoms with Crippen molar-refractivity contribution in [1.82, 2.24) is 15.1 Å². The molecule has 0 bridgehead atoms. The molecule has 1 aliphatic heterocycles. The second-order valence-corrected chi connectivity index (χ2v) is 5.80. The summed E-state index contributed by atoms with van der Waals surface area (Å²) in [5.41, 5.74) is 0.506. The molecular formula is C17H27N3O3. The van der Waals surface area contributed by atoms with Crippen molar-refractivity contribution >= 4 is 5.91 Å². The number of rotatable bonds is 7. The van der Waals surface area contributed by atoms with Gasteiger partial charge in [0.1, 0.15) is 0 Å². The average Bonchev–Trinajstić information content (AvgIpc) is 2.59. The summed E-state index contributed by atoms with van der Waals surface area (Å²) in [5, 5.41) is 2.96. The topological polar surface area (TPSA) is 54.0 Å². The smallest absolute Gasteiger partial charge is 0.255 e. The summed E-state index contributed by atoms with van der Waals surface area (Å²) < 4.78 is 10.5. The molecule has 0 aliphatic carbocycles.